The molecule has 1 amide bonds. The highest BCUT2D eigenvalue weighted by Crippen LogP contribution is 2.35. The lowest BCUT2D eigenvalue weighted by atomic mass is 10.1. The molecule has 0 aliphatic carbocycles. The van der Waals surface area contributed by atoms with Crippen LogP contribution in [0.5, 0.6) is 17.2 Å². The summed E-state index contributed by atoms with van der Waals surface area (Å²) in [6.07, 6.45) is 0. The van der Waals surface area contributed by atoms with Crippen LogP contribution in [0.3, 0.4) is 0 Å². The summed E-state index contributed by atoms with van der Waals surface area (Å²) in [5, 5.41) is 5.71. The Bertz CT molecular complexity index is 990. The number of aromatic nitrogens is 1. The van der Waals surface area contributed by atoms with Crippen molar-refractivity contribution in [2.24, 2.45) is 0 Å². The standard InChI is InChI=1S/C20H19ClN2O4S/c1-12-8-14(4-6-16(12)21)27-10-19(24)23-20-22-17(11-28-20)15-9-13(25-2)5-7-18(15)26-3/h4-9,11H,10H2,1-3H3,(H,22,23,24). The van der Waals surface area contributed by atoms with Crippen LogP contribution in [0.25, 0.3) is 11.3 Å². The van der Waals surface area contributed by atoms with Crippen molar-refractivity contribution in [3.05, 3.63) is 52.4 Å². The molecule has 1 aromatic heterocycles. The van der Waals surface area contributed by atoms with Crippen molar-refractivity contribution < 1.29 is 19.0 Å². The molecule has 0 aliphatic heterocycles. The maximum Gasteiger partial charge on any atom is 0.264 e. The molecule has 3 rings (SSSR count). The van der Waals surface area contributed by atoms with Crippen LogP contribution in [-0.4, -0.2) is 31.7 Å². The summed E-state index contributed by atoms with van der Waals surface area (Å²) in [6, 6.07) is 10.7. The third kappa shape index (κ3) is 4.74. The van der Waals surface area contributed by atoms with Gasteiger partial charge in [0, 0.05) is 16.0 Å². The largest absolute Gasteiger partial charge is 0.497 e. The maximum atomic E-state index is 12.2. The SMILES string of the molecule is COc1ccc(OC)c(-c2csc(NC(=O)COc3ccc(Cl)c(C)c3)n2)c1. The summed E-state index contributed by atoms with van der Waals surface area (Å²) in [7, 11) is 3.19. The highest BCUT2D eigenvalue weighted by atomic mass is 35.5. The molecule has 8 heteroatoms. The highest BCUT2D eigenvalue weighted by molar-refractivity contribution is 7.14. The van der Waals surface area contributed by atoms with E-state index in [0.29, 0.717) is 33.1 Å². The molecule has 0 saturated heterocycles. The molecule has 0 fully saturated rings. The quantitative estimate of drug-likeness (QED) is 0.596. The van der Waals surface area contributed by atoms with Crippen LogP contribution in [0.1, 0.15) is 5.56 Å². The Morgan fingerprint density at radius 1 is 1.14 bits per heavy atom. The van der Waals surface area contributed by atoms with E-state index in [1.165, 1.54) is 11.3 Å². The summed E-state index contributed by atoms with van der Waals surface area (Å²) in [4.78, 5) is 16.6. The van der Waals surface area contributed by atoms with Gasteiger partial charge in [-0.25, -0.2) is 4.98 Å². The van der Waals surface area contributed by atoms with Gasteiger partial charge >= 0.3 is 0 Å². The Labute approximate surface area is 172 Å². The Morgan fingerprint density at radius 3 is 2.64 bits per heavy atom. The van der Waals surface area contributed by atoms with E-state index in [0.717, 1.165) is 11.1 Å². The minimum atomic E-state index is -0.300. The summed E-state index contributed by atoms with van der Waals surface area (Å²) in [5.74, 6) is 1.65. The van der Waals surface area contributed by atoms with E-state index >= 15 is 0 Å². The zero-order chi connectivity index (χ0) is 20.1. The number of aryl methyl sites for hydroxylation is 1. The maximum absolute atomic E-state index is 12.2. The van der Waals surface area contributed by atoms with E-state index in [2.05, 4.69) is 10.3 Å². The van der Waals surface area contributed by atoms with E-state index in [9.17, 15) is 4.79 Å². The number of ether oxygens (including phenoxy) is 3. The van der Waals surface area contributed by atoms with Crippen LogP contribution in [0.2, 0.25) is 5.02 Å². The van der Waals surface area contributed by atoms with Crippen LogP contribution < -0.4 is 19.5 Å². The van der Waals surface area contributed by atoms with Crippen LogP contribution in [0.15, 0.2) is 41.8 Å². The van der Waals surface area contributed by atoms with Gasteiger partial charge in [0.2, 0.25) is 0 Å². The van der Waals surface area contributed by atoms with Crippen LogP contribution in [0, 0.1) is 6.92 Å². The molecule has 28 heavy (non-hydrogen) atoms. The number of nitrogens with one attached hydrogen (secondary N) is 1. The number of benzene rings is 2. The van der Waals surface area contributed by atoms with Crippen molar-refractivity contribution in [1.29, 1.82) is 0 Å². The van der Waals surface area contributed by atoms with Crippen molar-refractivity contribution in [1.82, 2.24) is 4.98 Å². The van der Waals surface area contributed by atoms with E-state index in [1.54, 1.807) is 32.4 Å². The summed E-state index contributed by atoms with van der Waals surface area (Å²) < 4.78 is 16.2. The number of methoxy groups -OCH3 is 2. The molecule has 6 nitrogen and oxygen atoms in total. The van der Waals surface area contributed by atoms with E-state index in [1.807, 2.05) is 30.5 Å². The van der Waals surface area contributed by atoms with Crippen LogP contribution in [0.4, 0.5) is 5.13 Å². The third-order valence-electron chi connectivity index (χ3n) is 3.93. The first-order chi connectivity index (χ1) is 13.5. The molecule has 0 unspecified atom stereocenters. The number of carbonyl (C=O) groups excluding carboxylic acids is 1. The van der Waals surface area contributed by atoms with E-state index < -0.39 is 0 Å². The summed E-state index contributed by atoms with van der Waals surface area (Å²) >= 11 is 7.30. The van der Waals surface area contributed by atoms with Gasteiger partial charge in [0.25, 0.3) is 5.91 Å². The number of nitrogens with zero attached hydrogens (tertiary/aromatic N) is 1. The molecule has 0 aliphatic rings. The normalized spacial score (nSPS) is 10.4. The van der Waals surface area contributed by atoms with Gasteiger partial charge in [-0.3, -0.25) is 10.1 Å². The molecule has 3 aromatic rings. The predicted molar refractivity (Wildman–Crippen MR) is 111 cm³/mol. The first-order valence-corrected chi connectivity index (χ1v) is 9.62. The smallest absolute Gasteiger partial charge is 0.264 e. The Morgan fingerprint density at radius 2 is 1.93 bits per heavy atom. The number of carbonyl (C=O) groups is 1. The first-order valence-electron chi connectivity index (χ1n) is 8.37. The van der Waals surface area contributed by atoms with Gasteiger partial charge in [-0.15, -0.1) is 11.3 Å². The van der Waals surface area contributed by atoms with Gasteiger partial charge in [0.1, 0.15) is 17.2 Å². The predicted octanol–water partition coefficient (Wildman–Crippen LogP) is 4.81. The van der Waals surface area contributed by atoms with Crippen molar-refractivity contribution in [3.8, 4) is 28.5 Å². The lowest BCUT2D eigenvalue weighted by Crippen LogP contribution is -2.20. The van der Waals surface area contributed by atoms with Gasteiger partial charge in [0.05, 0.1) is 19.9 Å². The average Bonchev–Trinajstić information content (AvgIpc) is 3.16. The van der Waals surface area contributed by atoms with Crippen LogP contribution >= 0.6 is 22.9 Å². The Hall–Kier alpha value is -2.77. The Kier molecular flexibility index (Phi) is 6.38. The number of hydrogen-bond acceptors (Lipinski definition) is 6. The fraction of sp³-hybridized carbons (Fsp3) is 0.200. The van der Waals surface area contributed by atoms with Gasteiger partial charge in [0.15, 0.2) is 11.7 Å². The second kappa shape index (κ2) is 8.95. The van der Waals surface area contributed by atoms with Crippen LogP contribution in [-0.2, 0) is 4.79 Å². The van der Waals surface area contributed by atoms with Crippen molar-refractivity contribution in [2.45, 2.75) is 6.92 Å². The molecule has 2 aromatic carbocycles. The van der Waals surface area contributed by atoms with Gasteiger partial charge < -0.3 is 14.2 Å². The van der Waals surface area contributed by atoms with E-state index in [-0.39, 0.29) is 12.5 Å². The first kappa shape index (κ1) is 20.0. The Balaban J connectivity index is 1.66. The number of thiazole rings is 1. The number of amides is 1. The fourth-order valence-electron chi connectivity index (χ4n) is 2.48. The molecular weight excluding hydrogens is 400 g/mol. The zero-order valence-electron chi connectivity index (χ0n) is 15.6. The number of halogens is 1. The fourth-order valence-corrected chi connectivity index (χ4v) is 3.32. The lowest BCUT2D eigenvalue weighted by molar-refractivity contribution is -0.118. The molecule has 0 radical (unpaired) electrons. The van der Waals surface area contributed by atoms with Gasteiger partial charge in [-0.2, -0.15) is 0 Å². The minimum Gasteiger partial charge on any atom is -0.497 e. The van der Waals surface area contributed by atoms with Crippen molar-refractivity contribution in [2.75, 3.05) is 26.1 Å². The number of rotatable bonds is 7. The summed E-state index contributed by atoms with van der Waals surface area (Å²) in [5.41, 5.74) is 2.35. The molecule has 1 N–H and O–H groups in total. The molecule has 0 spiro atoms. The molecular formula is C20H19ClN2O4S. The summed E-state index contributed by atoms with van der Waals surface area (Å²) in [6.45, 7) is 1.75. The lowest BCUT2D eigenvalue weighted by Gasteiger charge is -2.08. The van der Waals surface area contributed by atoms with Gasteiger partial charge in [-0.05, 0) is 48.9 Å². The molecule has 146 valence electrons. The van der Waals surface area contributed by atoms with Crippen molar-refractivity contribution in [3.63, 3.8) is 0 Å². The molecule has 0 atom stereocenters. The number of hydrogen-bond donors (Lipinski definition) is 1. The van der Waals surface area contributed by atoms with Crippen molar-refractivity contribution >= 4 is 34.0 Å². The van der Waals surface area contributed by atoms with E-state index in [4.69, 9.17) is 25.8 Å². The average molecular weight is 419 g/mol. The monoisotopic (exact) mass is 418 g/mol. The zero-order valence-corrected chi connectivity index (χ0v) is 17.2. The topological polar surface area (TPSA) is 69.7 Å². The molecule has 0 bridgehead atoms. The second-order valence-electron chi connectivity index (χ2n) is 5.85. The second-order valence-corrected chi connectivity index (χ2v) is 7.12. The minimum absolute atomic E-state index is 0.127. The molecule has 0 saturated carbocycles. The highest BCUT2D eigenvalue weighted by Gasteiger charge is 2.13. The molecule has 1 heterocycles. The van der Waals surface area contributed by atoms with Gasteiger partial charge in [-0.1, -0.05) is 11.6 Å². The third-order valence-corrected chi connectivity index (χ3v) is 5.11. The number of anilines is 1.